The van der Waals surface area contributed by atoms with E-state index in [1.165, 1.54) is 0 Å². The summed E-state index contributed by atoms with van der Waals surface area (Å²) in [5, 5.41) is 10.7. The zero-order chi connectivity index (χ0) is 17.6. The predicted molar refractivity (Wildman–Crippen MR) is 104 cm³/mol. The van der Waals surface area contributed by atoms with Crippen molar-refractivity contribution in [2.24, 2.45) is 4.99 Å². The van der Waals surface area contributed by atoms with Gasteiger partial charge in [0.05, 0.1) is 10.7 Å². The lowest BCUT2D eigenvalue weighted by molar-refractivity contribution is 0.570. The molecule has 0 aliphatic carbocycles. The number of aliphatic imine (C=N–C) groups is 1. The van der Waals surface area contributed by atoms with Gasteiger partial charge in [0.25, 0.3) is 0 Å². The highest BCUT2D eigenvalue weighted by Gasteiger charge is 2.17. The van der Waals surface area contributed by atoms with Gasteiger partial charge in [-0.25, -0.2) is 4.98 Å². The van der Waals surface area contributed by atoms with Crippen LogP contribution in [0.3, 0.4) is 0 Å². The van der Waals surface area contributed by atoms with Crippen molar-refractivity contribution in [1.29, 1.82) is 0 Å². The maximum atomic E-state index is 6.00. The Labute approximate surface area is 153 Å². The quantitative estimate of drug-likeness (QED) is 0.622. The average Bonchev–Trinajstić information content (AvgIpc) is 3.00. The second-order valence-electron chi connectivity index (χ2n) is 6.61. The summed E-state index contributed by atoms with van der Waals surface area (Å²) in [7, 11) is 1.77. The Morgan fingerprint density at radius 2 is 2.08 bits per heavy atom. The second-order valence-corrected chi connectivity index (χ2v) is 7.99. The summed E-state index contributed by atoms with van der Waals surface area (Å²) in [6.45, 7) is 8.04. The highest BCUT2D eigenvalue weighted by Crippen LogP contribution is 2.23. The van der Waals surface area contributed by atoms with Crippen molar-refractivity contribution in [3.8, 4) is 0 Å². The zero-order valence-electron chi connectivity index (χ0n) is 14.7. The second kappa shape index (κ2) is 8.49. The van der Waals surface area contributed by atoms with E-state index in [1.807, 2.05) is 24.3 Å². The van der Waals surface area contributed by atoms with Crippen molar-refractivity contribution in [2.75, 3.05) is 13.6 Å². The number of thiazole rings is 1. The first-order chi connectivity index (χ1) is 11.4. The highest BCUT2D eigenvalue weighted by atomic mass is 35.5. The Balaban J connectivity index is 1.78. The summed E-state index contributed by atoms with van der Waals surface area (Å²) in [5.74, 6) is 0.780. The van der Waals surface area contributed by atoms with E-state index >= 15 is 0 Å². The first kappa shape index (κ1) is 18.7. The molecule has 0 aliphatic rings. The SMILES string of the molecule is CN=C(NCCc1nc(C(C)(C)C)cs1)NCc1cccc(Cl)c1. The lowest BCUT2D eigenvalue weighted by Crippen LogP contribution is -2.37. The van der Waals surface area contributed by atoms with Gasteiger partial charge in [-0.3, -0.25) is 4.99 Å². The molecule has 2 aromatic rings. The van der Waals surface area contributed by atoms with Crippen LogP contribution in [0.15, 0.2) is 34.6 Å². The number of benzene rings is 1. The summed E-state index contributed by atoms with van der Waals surface area (Å²) in [6, 6.07) is 7.81. The molecule has 1 aromatic heterocycles. The molecule has 130 valence electrons. The van der Waals surface area contributed by atoms with Crippen molar-refractivity contribution in [1.82, 2.24) is 15.6 Å². The van der Waals surface area contributed by atoms with Crippen molar-refractivity contribution >= 4 is 28.9 Å². The van der Waals surface area contributed by atoms with E-state index in [4.69, 9.17) is 16.6 Å². The van der Waals surface area contributed by atoms with Crippen molar-refractivity contribution in [2.45, 2.75) is 39.2 Å². The van der Waals surface area contributed by atoms with Gasteiger partial charge in [0.15, 0.2) is 5.96 Å². The van der Waals surface area contributed by atoms with Crippen LogP contribution in [0.4, 0.5) is 0 Å². The van der Waals surface area contributed by atoms with Crippen molar-refractivity contribution in [3.63, 3.8) is 0 Å². The van der Waals surface area contributed by atoms with E-state index in [-0.39, 0.29) is 5.41 Å². The van der Waals surface area contributed by atoms with Gasteiger partial charge in [0, 0.05) is 42.4 Å². The van der Waals surface area contributed by atoms with Crippen LogP contribution < -0.4 is 10.6 Å². The molecule has 0 atom stereocenters. The van der Waals surface area contributed by atoms with Gasteiger partial charge < -0.3 is 10.6 Å². The number of nitrogens with zero attached hydrogens (tertiary/aromatic N) is 2. The Morgan fingerprint density at radius 3 is 2.71 bits per heavy atom. The smallest absolute Gasteiger partial charge is 0.191 e. The van der Waals surface area contributed by atoms with Crippen LogP contribution in [-0.2, 0) is 18.4 Å². The molecule has 24 heavy (non-hydrogen) atoms. The number of aromatic nitrogens is 1. The Bertz CT molecular complexity index is 688. The molecule has 0 fully saturated rings. The van der Waals surface area contributed by atoms with Gasteiger partial charge in [-0.1, -0.05) is 44.5 Å². The molecule has 0 bridgehead atoms. The van der Waals surface area contributed by atoms with Crippen LogP contribution in [-0.4, -0.2) is 24.5 Å². The Kier molecular flexibility index (Phi) is 6.63. The van der Waals surface area contributed by atoms with E-state index in [1.54, 1.807) is 18.4 Å². The number of hydrogen-bond donors (Lipinski definition) is 2. The molecule has 0 radical (unpaired) electrons. The molecule has 0 unspecified atom stereocenters. The molecule has 2 rings (SSSR count). The lowest BCUT2D eigenvalue weighted by Gasteiger charge is -2.14. The van der Waals surface area contributed by atoms with Crippen LogP contribution in [0.25, 0.3) is 0 Å². The highest BCUT2D eigenvalue weighted by molar-refractivity contribution is 7.09. The molecule has 0 aliphatic heterocycles. The molecule has 1 heterocycles. The molecule has 1 aromatic carbocycles. The third-order valence-electron chi connectivity index (χ3n) is 3.52. The van der Waals surface area contributed by atoms with Crippen molar-refractivity contribution in [3.05, 3.63) is 50.9 Å². The van der Waals surface area contributed by atoms with Gasteiger partial charge in [-0.2, -0.15) is 0 Å². The summed E-state index contributed by atoms with van der Waals surface area (Å²) in [5.41, 5.74) is 2.39. The van der Waals surface area contributed by atoms with Crippen molar-refractivity contribution < 1.29 is 0 Å². The number of rotatable bonds is 5. The normalized spacial score (nSPS) is 12.3. The monoisotopic (exact) mass is 364 g/mol. The lowest BCUT2D eigenvalue weighted by atomic mass is 9.93. The fourth-order valence-corrected chi connectivity index (χ4v) is 3.35. The Hall–Kier alpha value is -1.59. The summed E-state index contributed by atoms with van der Waals surface area (Å²) in [4.78, 5) is 8.96. The molecule has 2 N–H and O–H groups in total. The largest absolute Gasteiger partial charge is 0.356 e. The van der Waals surface area contributed by atoms with Crippen LogP contribution in [0.1, 0.15) is 37.0 Å². The number of halogens is 1. The van der Waals surface area contributed by atoms with Crippen LogP contribution in [0.5, 0.6) is 0 Å². The first-order valence-electron chi connectivity index (χ1n) is 8.02. The van der Waals surface area contributed by atoms with Gasteiger partial charge >= 0.3 is 0 Å². The molecular formula is C18H25ClN4S. The molecule has 0 spiro atoms. The third kappa shape index (κ3) is 5.80. The summed E-state index contributed by atoms with van der Waals surface area (Å²) >= 11 is 7.72. The summed E-state index contributed by atoms with van der Waals surface area (Å²) in [6.07, 6.45) is 0.888. The van der Waals surface area contributed by atoms with E-state index < -0.39 is 0 Å². The van der Waals surface area contributed by atoms with Crippen LogP contribution >= 0.6 is 22.9 Å². The topological polar surface area (TPSA) is 49.3 Å². The maximum absolute atomic E-state index is 6.00. The van der Waals surface area contributed by atoms with Gasteiger partial charge in [0.1, 0.15) is 0 Å². The molecular weight excluding hydrogens is 340 g/mol. The minimum Gasteiger partial charge on any atom is -0.356 e. The molecule has 4 nitrogen and oxygen atoms in total. The third-order valence-corrected chi connectivity index (χ3v) is 4.67. The maximum Gasteiger partial charge on any atom is 0.191 e. The van der Waals surface area contributed by atoms with Crippen LogP contribution in [0, 0.1) is 0 Å². The molecule has 0 saturated heterocycles. The fraction of sp³-hybridized carbons (Fsp3) is 0.444. The standard InChI is InChI=1S/C18H25ClN4S/c1-18(2,3)15-12-24-16(23-15)8-9-21-17(20-4)22-11-13-6-5-7-14(19)10-13/h5-7,10,12H,8-9,11H2,1-4H3,(H2,20,21,22). The summed E-state index contributed by atoms with van der Waals surface area (Å²) < 4.78 is 0. The minimum absolute atomic E-state index is 0.108. The van der Waals surface area contributed by atoms with E-state index in [2.05, 4.69) is 41.8 Å². The molecule has 0 saturated carbocycles. The molecule has 0 amide bonds. The van der Waals surface area contributed by atoms with Crippen LogP contribution in [0.2, 0.25) is 5.02 Å². The van der Waals surface area contributed by atoms with E-state index in [0.717, 1.165) is 40.2 Å². The fourth-order valence-electron chi connectivity index (χ4n) is 2.11. The van der Waals surface area contributed by atoms with Gasteiger partial charge in [-0.05, 0) is 17.7 Å². The van der Waals surface area contributed by atoms with Gasteiger partial charge in [-0.15, -0.1) is 11.3 Å². The minimum atomic E-state index is 0.108. The zero-order valence-corrected chi connectivity index (χ0v) is 16.3. The number of nitrogens with one attached hydrogen (secondary N) is 2. The number of guanidine groups is 1. The molecule has 6 heteroatoms. The average molecular weight is 365 g/mol. The van der Waals surface area contributed by atoms with Gasteiger partial charge in [0.2, 0.25) is 0 Å². The number of hydrogen-bond acceptors (Lipinski definition) is 3. The van der Waals surface area contributed by atoms with E-state index in [9.17, 15) is 0 Å². The Morgan fingerprint density at radius 1 is 1.29 bits per heavy atom. The first-order valence-corrected chi connectivity index (χ1v) is 9.28. The predicted octanol–water partition coefficient (Wildman–Crippen LogP) is 4.00. The van der Waals surface area contributed by atoms with E-state index in [0.29, 0.717) is 6.54 Å².